The van der Waals surface area contributed by atoms with Crippen molar-refractivity contribution >= 4 is 21.9 Å². The normalized spacial score (nSPS) is 12.4. The first-order valence-electron chi connectivity index (χ1n) is 7.35. The molecule has 0 spiro atoms. The lowest BCUT2D eigenvalue weighted by Gasteiger charge is -2.25. The summed E-state index contributed by atoms with van der Waals surface area (Å²) in [5.74, 6) is 0.956. The van der Waals surface area contributed by atoms with Gasteiger partial charge in [0.15, 0.2) is 0 Å². The molecule has 0 radical (unpaired) electrons. The number of imidazole rings is 1. The molecular weight excluding hydrogens is 262 g/mol. The van der Waals surface area contributed by atoms with Gasteiger partial charge in [0.1, 0.15) is 17.9 Å². The van der Waals surface area contributed by atoms with Crippen LogP contribution in [0.4, 0.5) is 0 Å². The number of hydrogen-bond donors (Lipinski definition) is 0. The summed E-state index contributed by atoms with van der Waals surface area (Å²) in [5.41, 5.74) is 3.00. The number of fused-ring (bicyclic) bond motifs is 3. The maximum Gasteiger partial charge on any atom is 0.136 e. The highest BCUT2D eigenvalue weighted by Gasteiger charge is 2.23. The molecule has 4 heteroatoms. The van der Waals surface area contributed by atoms with E-state index in [0.29, 0.717) is 13.2 Å². The molecule has 0 saturated heterocycles. The lowest BCUT2D eigenvalue weighted by atomic mass is 10.1. The lowest BCUT2D eigenvalue weighted by Crippen LogP contribution is -2.24. The van der Waals surface area contributed by atoms with Crippen molar-refractivity contribution in [2.45, 2.75) is 39.8 Å². The SMILES string of the molecule is CCOCc1nc2cnc3ccccc3c2n1C(C)(C)C. The first-order chi connectivity index (χ1) is 10.0. The van der Waals surface area contributed by atoms with Crippen molar-refractivity contribution in [1.29, 1.82) is 0 Å². The second-order valence-corrected chi connectivity index (χ2v) is 6.18. The summed E-state index contributed by atoms with van der Waals surface area (Å²) in [4.78, 5) is 9.25. The highest BCUT2D eigenvalue weighted by atomic mass is 16.5. The van der Waals surface area contributed by atoms with E-state index in [-0.39, 0.29) is 5.54 Å². The Morgan fingerprint density at radius 2 is 1.90 bits per heavy atom. The van der Waals surface area contributed by atoms with Gasteiger partial charge in [-0.2, -0.15) is 0 Å². The largest absolute Gasteiger partial charge is 0.374 e. The third kappa shape index (κ3) is 2.40. The van der Waals surface area contributed by atoms with Gasteiger partial charge >= 0.3 is 0 Å². The van der Waals surface area contributed by atoms with Gasteiger partial charge in [0.25, 0.3) is 0 Å². The zero-order chi connectivity index (χ0) is 15.0. The van der Waals surface area contributed by atoms with E-state index in [9.17, 15) is 0 Å². The van der Waals surface area contributed by atoms with Crippen LogP contribution in [-0.4, -0.2) is 21.1 Å². The van der Waals surface area contributed by atoms with Crippen LogP contribution >= 0.6 is 0 Å². The topological polar surface area (TPSA) is 39.9 Å². The minimum atomic E-state index is -0.0642. The summed E-state index contributed by atoms with van der Waals surface area (Å²) < 4.78 is 7.87. The van der Waals surface area contributed by atoms with E-state index in [1.165, 1.54) is 0 Å². The van der Waals surface area contributed by atoms with Gasteiger partial charge in [0.2, 0.25) is 0 Å². The quantitative estimate of drug-likeness (QED) is 0.732. The first kappa shape index (κ1) is 14.0. The molecule has 0 unspecified atom stereocenters. The fraction of sp³-hybridized carbons (Fsp3) is 0.412. The third-order valence-electron chi connectivity index (χ3n) is 3.57. The van der Waals surface area contributed by atoms with Gasteiger partial charge in [-0.1, -0.05) is 18.2 Å². The van der Waals surface area contributed by atoms with Crippen LogP contribution in [0.3, 0.4) is 0 Å². The molecule has 0 saturated carbocycles. The van der Waals surface area contributed by atoms with Gasteiger partial charge in [-0.15, -0.1) is 0 Å². The standard InChI is InChI=1S/C17H21N3O/c1-5-21-11-15-19-14-10-18-13-9-7-6-8-12(13)16(14)20(15)17(2,3)4/h6-10H,5,11H2,1-4H3. The minimum absolute atomic E-state index is 0.0642. The fourth-order valence-electron chi connectivity index (χ4n) is 2.76. The predicted molar refractivity (Wildman–Crippen MR) is 85.4 cm³/mol. The second-order valence-electron chi connectivity index (χ2n) is 6.18. The molecule has 2 heterocycles. The molecule has 0 N–H and O–H groups in total. The molecule has 0 aliphatic carbocycles. The monoisotopic (exact) mass is 283 g/mol. The highest BCUT2D eigenvalue weighted by Crippen LogP contribution is 2.30. The molecule has 1 aromatic carbocycles. The Morgan fingerprint density at radius 3 is 2.62 bits per heavy atom. The Hall–Kier alpha value is -1.94. The predicted octanol–water partition coefficient (Wildman–Crippen LogP) is 3.88. The number of hydrogen-bond acceptors (Lipinski definition) is 3. The van der Waals surface area contributed by atoms with Crippen LogP contribution in [0.5, 0.6) is 0 Å². The zero-order valence-electron chi connectivity index (χ0n) is 13.1. The molecular formula is C17H21N3O. The minimum Gasteiger partial charge on any atom is -0.374 e. The van der Waals surface area contributed by atoms with E-state index in [4.69, 9.17) is 9.72 Å². The van der Waals surface area contributed by atoms with Crippen LogP contribution < -0.4 is 0 Å². The Labute approximate surface area is 124 Å². The van der Waals surface area contributed by atoms with E-state index < -0.39 is 0 Å². The van der Waals surface area contributed by atoms with E-state index in [2.05, 4.69) is 36.4 Å². The third-order valence-corrected chi connectivity index (χ3v) is 3.57. The van der Waals surface area contributed by atoms with Crippen molar-refractivity contribution in [2.75, 3.05) is 6.61 Å². The van der Waals surface area contributed by atoms with Crippen molar-refractivity contribution < 1.29 is 4.74 Å². The second kappa shape index (κ2) is 5.11. The molecule has 0 amide bonds. The number of rotatable bonds is 3. The van der Waals surface area contributed by atoms with Gasteiger partial charge in [-0.05, 0) is 33.8 Å². The first-order valence-corrected chi connectivity index (χ1v) is 7.35. The molecule has 21 heavy (non-hydrogen) atoms. The van der Waals surface area contributed by atoms with Crippen LogP contribution in [0, 0.1) is 0 Å². The lowest BCUT2D eigenvalue weighted by molar-refractivity contribution is 0.122. The summed E-state index contributed by atoms with van der Waals surface area (Å²) in [6.07, 6.45) is 1.86. The van der Waals surface area contributed by atoms with Gasteiger partial charge in [0.05, 0.1) is 17.2 Å². The molecule has 0 aliphatic rings. The maximum absolute atomic E-state index is 5.59. The van der Waals surface area contributed by atoms with Crippen LogP contribution in [0.25, 0.3) is 21.9 Å². The molecule has 4 nitrogen and oxygen atoms in total. The van der Waals surface area contributed by atoms with Gasteiger partial charge in [0, 0.05) is 17.5 Å². The number of para-hydroxylation sites is 1. The summed E-state index contributed by atoms with van der Waals surface area (Å²) in [6.45, 7) is 9.79. The zero-order valence-corrected chi connectivity index (χ0v) is 13.1. The Kier molecular flexibility index (Phi) is 3.41. The summed E-state index contributed by atoms with van der Waals surface area (Å²) in [7, 11) is 0. The molecule has 110 valence electrons. The van der Waals surface area contributed by atoms with Crippen LogP contribution in [-0.2, 0) is 16.9 Å². The van der Waals surface area contributed by atoms with Crippen molar-refractivity contribution in [3.63, 3.8) is 0 Å². The van der Waals surface area contributed by atoms with E-state index in [1.807, 2.05) is 31.3 Å². The van der Waals surface area contributed by atoms with Gasteiger partial charge in [-0.3, -0.25) is 4.98 Å². The Morgan fingerprint density at radius 1 is 1.14 bits per heavy atom. The average molecular weight is 283 g/mol. The fourth-order valence-corrected chi connectivity index (χ4v) is 2.76. The smallest absolute Gasteiger partial charge is 0.136 e. The van der Waals surface area contributed by atoms with Crippen molar-refractivity contribution in [2.24, 2.45) is 0 Å². The molecule has 0 atom stereocenters. The van der Waals surface area contributed by atoms with Gasteiger partial charge in [-0.25, -0.2) is 4.98 Å². The Balaban J connectivity index is 2.36. The van der Waals surface area contributed by atoms with Crippen LogP contribution in [0.15, 0.2) is 30.5 Å². The molecule has 0 bridgehead atoms. The van der Waals surface area contributed by atoms with Crippen molar-refractivity contribution in [1.82, 2.24) is 14.5 Å². The average Bonchev–Trinajstić information content (AvgIpc) is 2.83. The van der Waals surface area contributed by atoms with Crippen molar-refractivity contribution in [3.8, 4) is 0 Å². The number of nitrogens with zero attached hydrogens (tertiary/aromatic N) is 3. The molecule has 3 rings (SSSR count). The van der Waals surface area contributed by atoms with Crippen LogP contribution in [0.2, 0.25) is 0 Å². The van der Waals surface area contributed by atoms with Crippen LogP contribution in [0.1, 0.15) is 33.5 Å². The Bertz CT molecular complexity index is 784. The number of benzene rings is 1. The number of ether oxygens (including phenoxy) is 1. The van der Waals surface area contributed by atoms with Gasteiger partial charge < -0.3 is 9.30 Å². The van der Waals surface area contributed by atoms with E-state index in [1.54, 1.807) is 0 Å². The van der Waals surface area contributed by atoms with Crippen molar-refractivity contribution in [3.05, 3.63) is 36.3 Å². The highest BCUT2D eigenvalue weighted by molar-refractivity contribution is 6.02. The maximum atomic E-state index is 5.59. The molecule has 0 aliphatic heterocycles. The number of pyridine rings is 1. The molecule has 2 aromatic heterocycles. The summed E-state index contributed by atoms with van der Waals surface area (Å²) in [5, 5.41) is 1.14. The molecule has 0 fully saturated rings. The van der Waals surface area contributed by atoms with E-state index >= 15 is 0 Å². The number of aromatic nitrogens is 3. The summed E-state index contributed by atoms with van der Waals surface area (Å²) in [6, 6.07) is 8.21. The van der Waals surface area contributed by atoms with E-state index in [0.717, 1.165) is 27.8 Å². The summed E-state index contributed by atoms with van der Waals surface area (Å²) >= 11 is 0. The molecule has 3 aromatic rings.